The minimum Gasteiger partial charge on any atom is -0.376 e. The van der Waals surface area contributed by atoms with Gasteiger partial charge in [0.1, 0.15) is 0 Å². The molecule has 0 unspecified atom stereocenters. The Bertz CT molecular complexity index is 1170. The number of aromatic nitrogens is 2. The van der Waals surface area contributed by atoms with Crippen LogP contribution in [0, 0.1) is 6.92 Å². The second kappa shape index (κ2) is 10.7. The average molecular weight is 494 g/mol. The van der Waals surface area contributed by atoms with Crippen LogP contribution in [0.25, 0.3) is 0 Å². The number of carbonyl (C=O) groups excluding carboxylic acids is 1. The number of H-pyrrole nitrogens is 1. The number of sulfonamides is 1. The number of nitrogens with one attached hydrogen (secondary N) is 2. The second-order valence-corrected chi connectivity index (χ2v) is 11.0. The van der Waals surface area contributed by atoms with Gasteiger partial charge in [0.15, 0.2) is 5.16 Å². The Balaban J connectivity index is 1.80. The molecule has 3 rings (SSSR count). The third-order valence-corrected chi connectivity index (χ3v) is 8.15. The first-order chi connectivity index (χ1) is 15.6. The largest absolute Gasteiger partial charge is 0.376 e. The maximum Gasteiger partial charge on any atom is 0.254 e. The van der Waals surface area contributed by atoms with E-state index in [0.717, 1.165) is 19.3 Å². The van der Waals surface area contributed by atoms with Crippen molar-refractivity contribution in [3.63, 3.8) is 0 Å². The summed E-state index contributed by atoms with van der Waals surface area (Å²) in [6.07, 6.45) is 4.86. The molecule has 0 aliphatic carbocycles. The number of aryl methyl sites for hydroxylation is 1. The number of aromatic amines is 1. The third kappa shape index (κ3) is 5.96. The fourth-order valence-electron chi connectivity index (χ4n) is 3.85. The molecule has 11 heteroatoms. The number of amides is 1. The smallest absolute Gasteiger partial charge is 0.254 e. The Hall–Kier alpha value is -2.37. The van der Waals surface area contributed by atoms with Gasteiger partial charge in [0, 0.05) is 44.9 Å². The molecule has 0 saturated carbocycles. The van der Waals surface area contributed by atoms with Gasteiger partial charge in [-0.3, -0.25) is 9.59 Å². The van der Waals surface area contributed by atoms with Crippen LogP contribution in [0.15, 0.2) is 33.0 Å². The number of benzene rings is 1. The Kier molecular flexibility index (Phi) is 8.19. The molecule has 33 heavy (non-hydrogen) atoms. The van der Waals surface area contributed by atoms with Crippen molar-refractivity contribution < 1.29 is 13.2 Å². The summed E-state index contributed by atoms with van der Waals surface area (Å²) in [6, 6.07) is 4.80. The molecule has 0 atom stereocenters. The van der Waals surface area contributed by atoms with Crippen LogP contribution >= 0.6 is 11.8 Å². The van der Waals surface area contributed by atoms with Crippen molar-refractivity contribution in [1.82, 2.24) is 14.3 Å². The lowest BCUT2D eigenvalue weighted by molar-refractivity contribution is -0.116. The van der Waals surface area contributed by atoms with Gasteiger partial charge < -0.3 is 15.2 Å². The standard InChI is InChI=1S/C22H31N5O4S2/c1-15-17(21(29)25-22(23-15)32-4)9-11-20(28)24-18-14-16(8-10-19(18)26(2)3)33(30,31)27-12-6-5-7-13-27/h8,10,14H,5-7,9,11-13H2,1-4H3,(H,24,28)(H,23,25,29). The Morgan fingerprint density at radius 2 is 1.94 bits per heavy atom. The van der Waals surface area contributed by atoms with Crippen molar-refractivity contribution in [2.24, 2.45) is 0 Å². The minimum atomic E-state index is -3.63. The molecule has 0 radical (unpaired) electrons. The van der Waals surface area contributed by atoms with Gasteiger partial charge in [-0.2, -0.15) is 4.31 Å². The van der Waals surface area contributed by atoms with Crippen molar-refractivity contribution in [1.29, 1.82) is 0 Å². The monoisotopic (exact) mass is 493 g/mol. The fourth-order valence-corrected chi connectivity index (χ4v) is 5.81. The third-order valence-electron chi connectivity index (χ3n) is 5.67. The van der Waals surface area contributed by atoms with Gasteiger partial charge >= 0.3 is 0 Å². The summed E-state index contributed by atoms with van der Waals surface area (Å²) in [4.78, 5) is 34.1. The molecule has 180 valence electrons. The van der Waals surface area contributed by atoms with Crippen LogP contribution in [0.5, 0.6) is 0 Å². The summed E-state index contributed by atoms with van der Waals surface area (Å²) >= 11 is 1.35. The highest BCUT2D eigenvalue weighted by Crippen LogP contribution is 2.30. The highest BCUT2D eigenvalue weighted by molar-refractivity contribution is 7.98. The van der Waals surface area contributed by atoms with Gasteiger partial charge in [0.25, 0.3) is 5.56 Å². The summed E-state index contributed by atoms with van der Waals surface area (Å²) in [5, 5.41) is 3.37. The van der Waals surface area contributed by atoms with Crippen LogP contribution in [-0.4, -0.2) is 62.0 Å². The van der Waals surface area contributed by atoms with Crippen LogP contribution < -0.4 is 15.8 Å². The first kappa shape index (κ1) is 25.3. The van der Waals surface area contributed by atoms with Crippen molar-refractivity contribution in [3.8, 4) is 0 Å². The van der Waals surface area contributed by atoms with Crippen molar-refractivity contribution in [3.05, 3.63) is 39.8 Å². The van der Waals surface area contributed by atoms with Crippen LogP contribution in [0.2, 0.25) is 0 Å². The van der Waals surface area contributed by atoms with Gasteiger partial charge in [-0.1, -0.05) is 18.2 Å². The molecular weight excluding hydrogens is 462 g/mol. The van der Waals surface area contributed by atoms with E-state index in [1.165, 1.54) is 22.1 Å². The number of piperidine rings is 1. The summed E-state index contributed by atoms with van der Waals surface area (Å²) in [7, 11) is 0.0220. The Morgan fingerprint density at radius 1 is 1.24 bits per heavy atom. The van der Waals surface area contributed by atoms with Gasteiger partial charge in [-0.05, 0) is 50.6 Å². The van der Waals surface area contributed by atoms with Crippen molar-refractivity contribution in [2.45, 2.75) is 49.1 Å². The van der Waals surface area contributed by atoms with E-state index in [-0.39, 0.29) is 29.2 Å². The number of carbonyl (C=O) groups is 1. The first-order valence-corrected chi connectivity index (χ1v) is 13.5. The van der Waals surface area contributed by atoms with Crippen LogP contribution in [0.4, 0.5) is 11.4 Å². The number of hydrogen-bond acceptors (Lipinski definition) is 7. The predicted molar refractivity (Wildman–Crippen MR) is 132 cm³/mol. The molecule has 1 aliphatic rings. The SMILES string of the molecule is CSc1nc(C)c(CCC(=O)Nc2cc(S(=O)(=O)N3CCCCC3)ccc2N(C)C)c(=O)[nH]1. The highest BCUT2D eigenvalue weighted by atomic mass is 32.2. The van der Waals surface area contributed by atoms with E-state index in [0.29, 0.717) is 40.9 Å². The summed E-state index contributed by atoms with van der Waals surface area (Å²) < 4.78 is 27.7. The van der Waals surface area contributed by atoms with E-state index in [2.05, 4.69) is 15.3 Å². The molecule has 1 fully saturated rings. The van der Waals surface area contributed by atoms with Crippen LogP contribution in [-0.2, 0) is 21.2 Å². The van der Waals surface area contributed by atoms with Gasteiger partial charge in [-0.25, -0.2) is 13.4 Å². The lowest BCUT2D eigenvalue weighted by Crippen LogP contribution is -2.35. The molecule has 2 N–H and O–H groups in total. The molecule has 1 aromatic heterocycles. The zero-order valence-electron chi connectivity index (χ0n) is 19.5. The van der Waals surface area contributed by atoms with E-state index in [9.17, 15) is 18.0 Å². The number of rotatable bonds is 8. The lowest BCUT2D eigenvalue weighted by atomic mass is 10.1. The molecule has 0 bridgehead atoms. The van der Waals surface area contributed by atoms with Crippen LogP contribution in [0.1, 0.15) is 36.9 Å². The molecule has 1 amide bonds. The zero-order chi connectivity index (χ0) is 24.2. The normalized spacial score (nSPS) is 14.8. The molecule has 0 spiro atoms. The number of anilines is 2. The van der Waals surface area contributed by atoms with Crippen molar-refractivity contribution in [2.75, 3.05) is 43.7 Å². The molecule has 2 aromatic rings. The quantitative estimate of drug-likeness (QED) is 0.429. The van der Waals surface area contributed by atoms with Crippen LogP contribution in [0.3, 0.4) is 0 Å². The Morgan fingerprint density at radius 3 is 2.55 bits per heavy atom. The van der Waals surface area contributed by atoms with Gasteiger partial charge in [0.05, 0.1) is 16.3 Å². The van der Waals surface area contributed by atoms with E-state index < -0.39 is 10.0 Å². The van der Waals surface area contributed by atoms with E-state index in [1.807, 2.05) is 25.3 Å². The fraction of sp³-hybridized carbons (Fsp3) is 0.500. The highest BCUT2D eigenvalue weighted by Gasteiger charge is 2.27. The van der Waals surface area contributed by atoms with Gasteiger partial charge in [0.2, 0.25) is 15.9 Å². The second-order valence-electron chi connectivity index (χ2n) is 8.23. The summed E-state index contributed by atoms with van der Waals surface area (Å²) in [5.41, 5.74) is 1.94. The maximum atomic E-state index is 13.1. The summed E-state index contributed by atoms with van der Waals surface area (Å²) in [6.45, 7) is 2.77. The van der Waals surface area contributed by atoms with E-state index >= 15 is 0 Å². The summed E-state index contributed by atoms with van der Waals surface area (Å²) in [5.74, 6) is -0.307. The lowest BCUT2D eigenvalue weighted by Gasteiger charge is -2.26. The molecule has 1 aliphatic heterocycles. The average Bonchev–Trinajstić information content (AvgIpc) is 2.78. The predicted octanol–water partition coefficient (Wildman–Crippen LogP) is 2.61. The number of hydrogen-bond donors (Lipinski definition) is 2. The minimum absolute atomic E-state index is 0.0696. The topological polar surface area (TPSA) is 115 Å². The number of thioether (sulfide) groups is 1. The molecule has 1 aromatic carbocycles. The van der Waals surface area contributed by atoms with E-state index in [4.69, 9.17) is 0 Å². The Labute approximate surface area is 199 Å². The number of nitrogens with zero attached hydrogens (tertiary/aromatic N) is 3. The first-order valence-electron chi connectivity index (χ1n) is 10.9. The van der Waals surface area contributed by atoms with Crippen molar-refractivity contribution >= 4 is 39.1 Å². The maximum absolute atomic E-state index is 13.1. The molecule has 2 heterocycles. The molecule has 1 saturated heterocycles. The van der Waals surface area contributed by atoms with Gasteiger partial charge in [-0.15, -0.1) is 0 Å². The zero-order valence-corrected chi connectivity index (χ0v) is 21.1. The molecule has 9 nitrogen and oxygen atoms in total. The van der Waals surface area contributed by atoms with E-state index in [1.54, 1.807) is 19.1 Å². The molecular formula is C22H31N5O4S2.